The third-order valence-corrected chi connectivity index (χ3v) is 4.93. The van der Waals surface area contributed by atoms with E-state index in [4.69, 9.17) is 4.74 Å². The van der Waals surface area contributed by atoms with E-state index in [-0.39, 0.29) is 17.1 Å². The number of rotatable bonds is 4. The summed E-state index contributed by atoms with van der Waals surface area (Å²) in [5.74, 6) is 0.676. The number of ether oxygens (including phenoxy) is 1. The first-order chi connectivity index (χ1) is 9.43. The Balaban J connectivity index is 2.21. The van der Waals surface area contributed by atoms with Crippen LogP contribution in [-0.2, 0) is 14.8 Å². The number of anilines is 1. The quantitative estimate of drug-likeness (QED) is 0.907. The van der Waals surface area contributed by atoms with Gasteiger partial charge in [0.1, 0.15) is 10.7 Å². The van der Waals surface area contributed by atoms with Crippen molar-refractivity contribution < 1.29 is 13.2 Å². The van der Waals surface area contributed by atoms with Crippen LogP contribution in [0.15, 0.2) is 23.2 Å². The fourth-order valence-corrected chi connectivity index (χ4v) is 3.83. The first kappa shape index (κ1) is 15.2. The van der Waals surface area contributed by atoms with E-state index >= 15 is 0 Å². The normalized spacial score (nSPS) is 24.6. The van der Waals surface area contributed by atoms with Gasteiger partial charge >= 0.3 is 0 Å². The number of nitrogens with one attached hydrogen (secondary N) is 1. The zero-order valence-corrected chi connectivity index (χ0v) is 12.9. The molecule has 7 heteroatoms. The van der Waals surface area contributed by atoms with Crippen molar-refractivity contribution in [2.24, 2.45) is 0 Å². The molecule has 0 aromatic carbocycles. The van der Waals surface area contributed by atoms with Crippen LogP contribution in [0.25, 0.3) is 0 Å². The molecule has 1 aliphatic heterocycles. The van der Waals surface area contributed by atoms with Crippen molar-refractivity contribution >= 4 is 15.8 Å². The molecule has 2 rings (SSSR count). The number of pyridine rings is 1. The third-order valence-electron chi connectivity index (χ3n) is 3.12. The fraction of sp³-hybridized carbons (Fsp3) is 0.615. The molecule has 2 atom stereocenters. The summed E-state index contributed by atoms with van der Waals surface area (Å²) in [4.78, 5) is 4.34. The summed E-state index contributed by atoms with van der Waals surface area (Å²) < 4.78 is 32.1. The summed E-state index contributed by atoms with van der Waals surface area (Å²) in [5.41, 5.74) is 0. The lowest BCUT2D eigenvalue weighted by molar-refractivity contribution is -0.0440. The first-order valence-corrected chi connectivity index (χ1v) is 8.23. The van der Waals surface area contributed by atoms with Gasteiger partial charge in [-0.15, -0.1) is 0 Å². The molecular formula is C13H21N3O3S. The molecule has 2 heterocycles. The molecule has 112 valence electrons. The topological polar surface area (TPSA) is 71.5 Å². The molecule has 0 saturated carbocycles. The van der Waals surface area contributed by atoms with Crippen molar-refractivity contribution in [1.29, 1.82) is 0 Å². The Morgan fingerprint density at radius 3 is 2.50 bits per heavy atom. The van der Waals surface area contributed by atoms with Crippen molar-refractivity contribution in [2.75, 3.05) is 25.0 Å². The van der Waals surface area contributed by atoms with Crippen LogP contribution in [0, 0.1) is 0 Å². The zero-order chi connectivity index (χ0) is 14.8. The third kappa shape index (κ3) is 3.28. The predicted molar refractivity (Wildman–Crippen MR) is 77.2 cm³/mol. The maximum atomic E-state index is 12.6. The Morgan fingerprint density at radius 2 is 2.00 bits per heavy atom. The second-order valence-corrected chi connectivity index (χ2v) is 6.93. The molecule has 0 radical (unpaired) electrons. The molecule has 1 aromatic rings. The van der Waals surface area contributed by atoms with Crippen molar-refractivity contribution in [2.45, 2.75) is 37.9 Å². The molecule has 0 spiro atoms. The van der Waals surface area contributed by atoms with Gasteiger partial charge in [-0.1, -0.05) is 0 Å². The smallest absolute Gasteiger partial charge is 0.244 e. The van der Waals surface area contributed by atoms with Gasteiger partial charge in [-0.3, -0.25) is 0 Å². The molecule has 1 saturated heterocycles. The predicted octanol–water partition coefficient (Wildman–Crippen LogP) is 1.31. The van der Waals surface area contributed by atoms with Crippen LogP contribution in [0.5, 0.6) is 0 Å². The summed E-state index contributed by atoms with van der Waals surface area (Å²) in [6, 6.07) is 3.27. The minimum atomic E-state index is -3.50. The van der Waals surface area contributed by atoms with E-state index in [1.54, 1.807) is 12.1 Å². The number of aromatic nitrogens is 1. The lowest BCUT2D eigenvalue weighted by atomic mass is 10.3. The Labute approximate surface area is 120 Å². The molecule has 2 unspecified atom stereocenters. The van der Waals surface area contributed by atoms with Crippen molar-refractivity contribution in [3.05, 3.63) is 18.3 Å². The van der Waals surface area contributed by atoms with Gasteiger partial charge in [0.25, 0.3) is 0 Å². The Bertz CT molecular complexity index is 534. The van der Waals surface area contributed by atoms with Gasteiger partial charge in [-0.05, 0) is 32.9 Å². The van der Waals surface area contributed by atoms with Crippen LogP contribution < -0.4 is 5.32 Å². The van der Waals surface area contributed by atoms with Crippen LogP contribution in [0.3, 0.4) is 0 Å². The summed E-state index contributed by atoms with van der Waals surface area (Å²) >= 11 is 0. The lowest BCUT2D eigenvalue weighted by Gasteiger charge is -2.34. The molecule has 20 heavy (non-hydrogen) atoms. The summed E-state index contributed by atoms with van der Waals surface area (Å²) in [6.07, 6.45) is 1.21. The van der Waals surface area contributed by atoms with Crippen LogP contribution in [0.4, 0.5) is 5.82 Å². The van der Waals surface area contributed by atoms with E-state index in [0.717, 1.165) is 6.54 Å². The van der Waals surface area contributed by atoms with Crippen LogP contribution in [0.2, 0.25) is 0 Å². The van der Waals surface area contributed by atoms with Crippen LogP contribution in [0.1, 0.15) is 20.8 Å². The van der Waals surface area contributed by atoms with Gasteiger partial charge in [-0.2, -0.15) is 4.31 Å². The van der Waals surface area contributed by atoms with Gasteiger partial charge in [-0.25, -0.2) is 13.4 Å². The van der Waals surface area contributed by atoms with E-state index in [1.165, 1.54) is 10.5 Å². The number of hydrogen-bond acceptors (Lipinski definition) is 5. The van der Waals surface area contributed by atoms with Gasteiger partial charge in [0.2, 0.25) is 10.0 Å². The second kappa shape index (κ2) is 6.07. The van der Waals surface area contributed by atoms with Gasteiger partial charge < -0.3 is 10.1 Å². The maximum Gasteiger partial charge on any atom is 0.244 e. The second-order valence-electron chi connectivity index (χ2n) is 4.99. The van der Waals surface area contributed by atoms with E-state index in [9.17, 15) is 8.42 Å². The molecule has 1 fully saturated rings. The van der Waals surface area contributed by atoms with E-state index in [0.29, 0.717) is 18.9 Å². The standard InChI is InChI=1S/C13H21N3O3S/c1-4-14-13-6-5-12(7-15-13)20(17,18)16-8-10(2)19-11(3)9-16/h5-7,10-11H,4,8-9H2,1-3H3,(H,14,15). The highest BCUT2D eigenvalue weighted by Gasteiger charge is 2.32. The molecule has 1 N–H and O–H groups in total. The van der Waals surface area contributed by atoms with E-state index in [1.807, 2.05) is 20.8 Å². The van der Waals surface area contributed by atoms with Crippen LogP contribution in [-0.4, -0.2) is 49.5 Å². The maximum absolute atomic E-state index is 12.6. The van der Waals surface area contributed by atoms with Crippen molar-refractivity contribution in [1.82, 2.24) is 9.29 Å². The minimum Gasteiger partial charge on any atom is -0.373 e. The van der Waals surface area contributed by atoms with Gasteiger partial charge in [0, 0.05) is 25.8 Å². The lowest BCUT2D eigenvalue weighted by Crippen LogP contribution is -2.48. The van der Waals surface area contributed by atoms with E-state index in [2.05, 4.69) is 10.3 Å². The molecule has 1 aliphatic rings. The molecule has 0 aliphatic carbocycles. The highest BCUT2D eigenvalue weighted by molar-refractivity contribution is 7.89. The number of hydrogen-bond donors (Lipinski definition) is 1. The highest BCUT2D eigenvalue weighted by Crippen LogP contribution is 2.21. The zero-order valence-electron chi connectivity index (χ0n) is 12.0. The Morgan fingerprint density at radius 1 is 1.35 bits per heavy atom. The monoisotopic (exact) mass is 299 g/mol. The summed E-state index contributed by atoms with van der Waals surface area (Å²) in [5, 5.41) is 3.04. The molecule has 1 aromatic heterocycles. The molecule has 6 nitrogen and oxygen atoms in total. The summed E-state index contributed by atoms with van der Waals surface area (Å²) in [7, 11) is -3.50. The fourth-order valence-electron chi connectivity index (χ4n) is 2.29. The number of morpholine rings is 1. The van der Waals surface area contributed by atoms with Gasteiger partial charge in [0.15, 0.2) is 0 Å². The van der Waals surface area contributed by atoms with Gasteiger partial charge in [0.05, 0.1) is 12.2 Å². The average molecular weight is 299 g/mol. The molecular weight excluding hydrogens is 278 g/mol. The SMILES string of the molecule is CCNc1ccc(S(=O)(=O)N2CC(C)OC(C)C2)cn1. The van der Waals surface area contributed by atoms with Crippen molar-refractivity contribution in [3.63, 3.8) is 0 Å². The number of sulfonamides is 1. The molecule has 0 amide bonds. The van der Waals surface area contributed by atoms with E-state index < -0.39 is 10.0 Å². The van der Waals surface area contributed by atoms with Crippen LogP contribution >= 0.6 is 0 Å². The first-order valence-electron chi connectivity index (χ1n) is 6.79. The summed E-state index contributed by atoms with van der Waals surface area (Å²) in [6.45, 7) is 7.22. The number of nitrogens with zero attached hydrogens (tertiary/aromatic N) is 2. The Kier molecular flexibility index (Phi) is 4.62. The largest absolute Gasteiger partial charge is 0.373 e. The Hall–Kier alpha value is -1.18. The average Bonchev–Trinajstić information content (AvgIpc) is 2.38. The minimum absolute atomic E-state index is 0.0949. The molecule has 0 bridgehead atoms. The van der Waals surface area contributed by atoms with Crippen molar-refractivity contribution in [3.8, 4) is 0 Å². The highest BCUT2D eigenvalue weighted by atomic mass is 32.2.